The quantitative estimate of drug-likeness (QED) is 0.818. The van der Waals surface area contributed by atoms with E-state index in [1.165, 1.54) is 30.0 Å². The Bertz CT molecular complexity index is 820. The second kappa shape index (κ2) is 8.22. The Hall–Kier alpha value is -2.20. The highest BCUT2D eigenvalue weighted by Crippen LogP contribution is 2.23. The molecular formula is C23H27FN2O. The molecule has 2 aromatic carbocycles. The van der Waals surface area contributed by atoms with E-state index in [2.05, 4.69) is 17.0 Å². The summed E-state index contributed by atoms with van der Waals surface area (Å²) in [6.45, 7) is 3.74. The van der Waals surface area contributed by atoms with Crippen LogP contribution in [-0.4, -0.2) is 41.9 Å². The monoisotopic (exact) mass is 366 g/mol. The van der Waals surface area contributed by atoms with Crippen LogP contribution in [-0.2, 0) is 19.4 Å². The molecule has 27 heavy (non-hydrogen) atoms. The fraction of sp³-hybridized carbons (Fsp3) is 0.435. The third-order valence-corrected chi connectivity index (χ3v) is 5.82. The van der Waals surface area contributed by atoms with Crippen LogP contribution in [0.5, 0.6) is 0 Å². The Morgan fingerprint density at radius 3 is 2.56 bits per heavy atom. The largest absolute Gasteiger partial charge is 0.337 e. The maximum Gasteiger partial charge on any atom is 0.253 e. The fourth-order valence-electron chi connectivity index (χ4n) is 4.25. The van der Waals surface area contributed by atoms with Gasteiger partial charge in [-0.15, -0.1) is 0 Å². The van der Waals surface area contributed by atoms with Crippen LogP contribution in [0.3, 0.4) is 0 Å². The molecule has 0 saturated carbocycles. The zero-order chi connectivity index (χ0) is 18.6. The van der Waals surface area contributed by atoms with Gasteiger partial charge in [0.1, 0.15) is 5.82 Å². The lowest BCUT2D eigenvalue weighted by Gasteiger charge is -2.23. The Balaban J connectivity index is 1.40. The molecule has 2 aliphatic rings. The second-order valence-electron chi connectivity index (χ2n) is 7.70. The van der Waals surface area contributed by atoms with Crippen LogP contribution >= 0.6 is 0 Å². The zero-order valence-corrected chi connectivity index (χ0v) is 15.8. The van der Waals surface area contributed by atoms with E-state index in [4.69, 9.17) is 0 Å². The number of carbonyl (C=O) groups is 1. The highest BCUT2D eigenvalue weighted by atomic mass is 19.1. The normalized spacial score (nSPS) is 18.0. The summed E-state index contributed by atoms with van der Waals surface area (Å²) in [5, 5.41) is 0. The molecule has 1 amide bonds. The molecule has 0 radical (unpaired) electrons. The molecule has 1 heterocycles. The van der Waals surface area contributed by atoms with Gasteiger partial charge in [0.25, 0.3) is 5.91 Å². The van der Waals surface area contributed by atoms with Crippen molar-refractivity contribution in [2.24, 2.45) is 0 Å². The highest BCUT2D eigenvalue weighted by molar-refractivity contribution is 5.94. The van der Waals surface area contributed by atoms with Crippen LogP contribution in [0.1, 0.15) is 46.3 Å². The van der Waals surface area contributed by atoms with Gasteiger partial charge >= 0.3 is 0 Å². The van der Waals surface area contributed by atoms with Crippen molar-refractivity contribution < 1.29 is 9.18 Å². The summed E-state index contributed by atoms with van der Waals surface area (Å²) in [5.74, 6) is -0.0140. The Morgan fingerprint density at radius 2 is 1.70 bits per heavy atom. The summed E-state index contributed by atoms with van der Waals surface area (Å²) in [6, 6.07) is 13.2. The van der Waals surface area contributed by atoms with Gasteiger partial charge in [0.2, 0.25) is 0 Å². The zero-order valence-electron chi connectivity index (χ0n) is 15.8. The highest BCUT2D eigenvalue weighted by Gasteiger charge is 2.22. The van der Waals surface area contributed by atoms with E-state index < -0.39 is 0 Å². The first-order valence-electron chi connectivity index (χ1n) is 10.1. The Morgan fingerprint density at radius 1 is 0.889 bits per heavy atom. The average molecular weight is 366 g/mol. The van der Waals surface area contributed by atoms with Crippen molar-refractivity contribution in [2.45, 2.75) is 38.6 Å². The second-order valence-corrected chi connectivity index (χ2v) is 7.70. The predicted molar refractivity (Wildman–Crippen MR) is 105 cm³/mol. The summed E-state index contributed by atoms with van der Waals surface area (Å²) < 4.78 is 13.9. The molecule has 1 fully saturated rings. The molecule has 4 rings (SSSR count). The summed E-state index contributed by atoms with van der Waals surface area (Å²) in [5.41, 5.74) is 4.30. The molecule has 1 aliphatic carbocycles. The maximum atomic E-state index is 13.9. The average Bonchev–Trinajstić information content (AvgIpc) is 2.94. The van der Waals surface area contributed by atoms with Crippen molar-refractivity contribution >= 4 is 5.91 Å². The lowest BCUT2D eigenvalue weighted by atomic mass is 9.90. The molecule has 0 spiro atoms. The molecule has 1 saturated heterocycles. The SMILES string of the molecule is O=C(c1ccc2c(c1)CCCC2)N1CCCN(Cc2ccccc2F)CC1. The minimum absolute atomic E-state index is 0.135. The first-order valence-corrected chi connectivity index (χ1v) is 10.1. The summed E-state index contributed by atoms with van der Waals surface area (Å²) >= 11 is 0. The lowest BCUT2D eigenvalue weighted by Crippen LogP contribution is -2.35. The van der Waals surface area contributed by atoms with E-state index in [1.54, 1.807) is 6.07 Å². The number of rotatable bonds is 3. The van der Waals surface area contributed by atoms with Gasteiger partial charge in [-0.3, -0.25) is 9.69 Å². The van der Waals surface area contributed by atoms with Crippen LogP contribution < -0.4 is 0 Å². The number of carbonyl (C=O) groups excluding carboxylic acids is 1. The molecule has 4 heteroatoms. The number of aryl methyl sites for hydroxylation is 2. The van der Waals surface area contributed by atoms with E-state index in [0.29, 0.717) is 13.1 Å². The van der Waals surface area contributed by atoms with Crippen LogP contribution in [0.25, 0.3) is 0 Å². The van der Waals surface area contributed by atoms with E-state index in [9.17, 15) is 9.18 Å². The van der Waals surface area contributed by atoms with Crippen molar-refractivity contribution in [3.05, 3.63) is 70.5 Å². The summed E-state index contributed by atoms with van der Waals surface area (Å²) in [4.78, 5) is 17.2. The topological polar surface area (TPSA) is 23.6 Å². The first kappa shape index (κ1) is 18.2. The first-order chi connectivity index (χ1) is 13.2. The number of fused-ring (bicyclic) bond motifs is 1. The third kappa shape index (κ3) is 4.22. The fourth-order valence-corrected chi connectivity index (χ4v) is 4.25. The van der Waals surface area contributed by atoms with Crippen LogP contribution in [0.15, 0.2) is 42.5 Å². The summed E-state index contributed by atoms with van der Waals surface area (Å²) in [7, 11) is 0. The van der Waals surface area contributed by atoms with Crippen molar-refractivity contribution in [3.8, 4) is 0 Å². The summed E-state index contributed by atoms with van der Waals surface area (Å²) in [6.07, 6.45) is 5.63. The minimum Gasteiger partial charge on any atom is -0.337 e. The van der Waals surface area contributed by atoms with Crippen LogP contribution in [0, 0.1) is 5.82 Å². The number of nitrogens with zero attached hydrogens (tertiary/aromatic N) is 2. The van der Waals surface area contributed by atoms with Crippen molar-refractivity contribution in [1.29, 1.82) is 0 Å². The molecule has 0 bridgehead atoms. The van der Waals surface area contributed by atoms with Gasteiger partial charge in [-0.25, -0.2) is 4.39 Å². The Kier molecular flexibility index (Phi) is 5.53. The third-order valence-electron chi connectivity index (χ3n) is 5.82. The maximum absolute atomic E-state index is 13.9. The van der Waals surface area contributed by atoms with Gasteiger partial charge in [0.15, 0.2) is 0 Å². The minimum atomic E-state index is -0.149. The van der Waals surface area contributed by atoms with Crippen molar-refractivity contribution in [2.75, 3.05) is 26.2 Å². The number of benzene rings is 2. The van der Waals surface area contributed by atoms with Gasteiger partial charge in [-0.05, 0) is 61.4 Å². The number of hydrogen-bond donors (Lipinski definition) is 0. The van der Waals surface area contributed by atoms with E-state index in [-0.39, 0.29) is 11.7 Å². The molecule has 3 nitrogen and oxygen atoms in total. The number of hydrogen-bond acceptors (Lipinski definition) is 2. The molecular weight excluding hydrogens is 339 g/mol. The molecule has 0 N–H and O–H groups in total. The molecule has 0 atom stereocenters. The lowest BCUT2D eigenvalue weighted by molar-refractivity contribution is 0.0761. The molecule has 1 aliphatic heterocycles. The van der Waals surface area contributed by atoms with Gasteiger partial charge in [0, 0.05) is 43.9 Å². The van der Waals surface area contributed by atoms with Gasteiger partial charge < -0.3 is 4.90 Å². The molecule has 142 valence electrons. The van der Waals surface area contributed by atoms with Gasteiger partial charge in [-0.1, -0.05) is 24.3 Å². The predicted octanol–water partition coefficient (Wildman–Crippen LogP) is 4.05. The molecule has 0 unspecified atom stereocenters. The number of amides is 1. The van der Waals surface area contributed by atoms with E-state index in [1.807, 2.05) is 23.1 Å². The van der Waals surface area contributed by atoms with Gasteiger partial charge in [-0.2, -0.15) is 0 Å². The van der Waals surface area contributed by atoms with Crippen LogP contribution in [0.4, 0.5) is 4.39 Å². The van der Waals surface area contributed by atoms with Gasteiger partial charge in [0.05, 0.1) is 0 Å². The Labute approximate surface area is 160 Å². The molecule has 0 aromatic heterocycles. The standard InChI is InChI=1S/C23H27FN2O/c24-22-9-4-3-8-21(22)17-25-12-5-13-26(15-14-25)23(27)20-11-10-18-6-1-2-7-19(18)16-20/h3-4,8-11,16H,1-2,5-7,12-15,17H2. The van der Waals surface area contributed by atoms with Crippen molar-refractivity contribution in [1.82, 2.24) is 9.80 Å². The smallest absolute Gasteiger partial charge is 0.253 e. The number of halogens is 1. The van der Waals surface area contributed by atoms with E-state index >= 15 is 0 Å². The van der Waals surface area contributed by atoms with E-state index in [0.717, 1.165) is 50.0 Å². The molecule has 2 aromatic rings. The van der Waals surface area contributed by atoms with Crippen LogP contribution in [0.2, 0.25) is 0 Å². The van der Waals surface area contributed by atoms with Crippen molar-refractivity contribution in [3.63, 3.8) is 0 Å².